The van der Waals surface area contributed by atoms with Gasteiger partial charge in [0, 0.05) is 19.1 Å². The molecule has 0 aliphatic heterocycles. The number of hydrogen-bond donors (Lipinski definition) is 3. The number of hydrogen-bond acceptors (Lipinski definition) is 20. The third-order valence-corrected chi connectivity index (χ3v) is 14.5. The van der Waals surface area contributed by atoms with E-state index in [9.17, 15) is 70.5 Å². The standard InChI is InChI=1S/C11H9BrO3.C11H10O3.C10H9FO3.C10H8O3.C9H11FO2.C9H9FO2.2C8H7FO2/c1-6-10(12)11(13)9-7(14-2)4-3-5-8(9)15-6;1-7-6-8(12)11-9(13-2)4-3-5-10(11)14-7;1-6(12)10-8(11)4-3-5-9(10)14-7(2)13;1-6-5-8(12)10-7(11)3-2-4-9(10)13-6;2*1-6(11)9-7(10)4-3-5-8(9)12-2;1-11-8-4-2-3-7(9)6(8)5-10;1-5(10)8-6(9)3-2-4-7(8)11/h3-5H,1-2H3;3-6H,1-2H3;3-5H,1-2H3;2-5,11H,1H3;3-6,11H,1-2H3;3-5H,1-2H3;2-5H,1H3;2-4,11H,1H3. The van der Waals surface area contributed by atoms with Gasteiger partial charge in [-0.3, -0.25) is 38.4 Å². The number of halogens is 6. The maximum atomic E-state index is 13.1. The summed E-state index contributed by atoms with van der Waals surface area (Å²) in [5.41, 5.74) is 0.897. The highest BCUT2D eigenvalue weighted by Gasteiger charge is 2.18. The zero-order valence-corrected chi connectivity index (χ0v) is 58.8. The third-order valence-electron chi connectivity index (χ3n) is 13.6. The van der Waals surface area contributed by atoms with Crippen LogP contribution in [-0.2, 0) is 4.79 Å². The Balaban J connectivity index is 0.000000248. The second-order valence-corrected chi connectivity index (χ2v) is 21.7. The van der Waals surface area contributed by atoms with Crippen molar-refractivity contribution in [1.82, 2.24) is 0 Å². The van der Waals surface area contributed by atoms with Crippen LogP contribution in [0.25, 0.3) is 32.9 Å². The molecular weight excluding hydrogens is 1410 g/mol. The predicted molar refractivity (Wildman–Crippen MR) is 375 cm³/mol. The van der Waals surface area contributed by atoms with E-state index >= 15 is 0 Å². The number of aliphatic hydroxyl groups is 1. The Morgan fingerprint density at radius 1 is 0.451 bits per heavy atom. The first kappa shape index (κ1) is 82.7. The number of ketones is 3. The van der Waals surface area contributed by atoms with Gasteiger partial charge in [0.1, 0.15) is 130 Å². The maximum absolute atomic E-state index is 13.1. The summed E-state index contributed by atoms with van der Waals surface area (Å²) in [6, 6.07) is 38.8. The number of rotatable bonds is 11. The van der Waals surface area contributed by atoms with Crippen LogP contribution in [0.2, 0.25) is 0 Å². The number of aldehydes is 1. The Labute approximate surface area is 588 Å². The molecule has 0 fully saturated rings. The van der Waals surface area contributed by atoms with Gasteiger partial charge in [0.15, 0.2) is 34.5 Å². The minimum Gasteiger partial charge on any atom is -0.507 e. The Morgan fingerprint density at radius 2 is 0.814 bits per heavy atom. The van der Waals surface area contributed by atoms with Gasteiger partial charge in [-0.25, -0.2) is 22.0 Å². The average molecular weight is 1480 g/mol. The first-order chi connectivity index (χ1) is 48.3. The van der Waals surface area contributed by atoms with Gasteiger partial charge in [-0.2, -0.15) is 0 Å². The number of aryl methyl sites for hydroxylation is 3. The molecule has 0 spiro atoms. The smallest absolute Gasteiger partial charge is 0.308 e. The predicted octanol–water partition coefficient (Wildman–Crippen LogP) is 16.0. The van der Waals surface area contributed by atoms with Gasteiger partial charge in [-0.1, -0.05) is 48.5 Å². The molecule has 0 aliphatic carbocycles. The summed E-state index contributed by atoms with van der Waals surface area (Å²) in [6.07, 6.45) is -0.408. The van der Waals surface area contributed by atoms with Crippen LogP contribution in [0.3, 0.4) is 0 Å². The van der Waals surface area contributed by atoms with E-state index in [1.807, 2.05) is 0 Å². The lowest BCUT2D eigenvalue weighted by Gasteiger charge is -2.10. The van der Waals surface area contributed by atoms with Crippen molar-refractivity contribution >= 4 is 78.4 Å². The van der Waals surface area contributed by atoms with Crippen molar-refractivity contribution in [2.75, 3.05) is 35.5 Å². The molecule has 0 saturated heterocycles. The Bertz CT molecular complexity index is 4950. The van der Waals surface area contributed by atoms with E-state index in [-0.39, 0.29) is 84.0 Å². The molecule has 11 rings (SSSR count). The highest BCUT2D eigenvalue weighted by molar-refractivity contribution is 9.10. The van der Waals surface area contributed by atoms with Crippen molar-refractivity contribution in [3.05, 3.63) is 267 Å². The van der Waals surface area contributed by atoms with Crippen LogP contribution in [0.4, 0.5) is 22.0 Å². The second-order valence-electron chi connectivity index (χ2n) is 20.9. The molecular formula is C76H70BrF5O20. The van der Waals surface area contributed by atoms with E-state index in [0.29, 0.717) is 72.8 Å². The summed E-state index contributed by atoms with van der Waals surface area (Å²) in [5.74, 6) is -1.42. The number of methoxy groups -OCH3 is 5. The molecule has 0 bridgehead atoms. The molecule has 1 unspecified atom stereocenters. The summed E-state index contributed by atoms with van der Waals surface area (Å²) in [6.45, 7) is 11.6. The minimum atomic E-state index is -0.846. The van der Waals surface area contributed by atoms with Crippen LogP contribution in [0.5, 0.6) is 46.0 Å². The van der Waals surface area contributed by atoms with Gasteiger partial charge in [-0.05, 0) is 161 Å². The summed E-state index contributed by atoms with van der Waals surface area (Å²) >= 11 is 3.20. The molecule has 0 saturated carbocycles. The lowest BCUT2D eigenvalue weighted by Crippen LogP contribution is -2.07. The van der Waals surface area contributed by atoms with Crippen LogP contribution in [-0.4, -0.2) is 80.5 Å². The van der Waals surface area contributed by atoms with Crippen molar-refractivity contribution < 1.29 is 103 Å². The summed E-state index contributed by atoms with van der Waals surface area (Å²) in [5, 5.41) is 28.8. The quantitative estimate of drug-likeness (QED) is 0.0356. The fourth-order valence-electron chi connectivity index (χ4n) is 9.12. The minimum absolute atomic E-state index is 0.0139. The van der Waals surface area contributed by atoms with Gasteiger partial charge >= 0.3 is 5.97 Å². The number of Topliss-reactive ketones (excluding diaryl/α,β-unsaturated/α-hetero) is 3. The number of carbonyl (C=O) groups excluding carboxylic acids is 5. The zero-order valence-electron chi connectivity index (χ0n) is 57.2. The molecule has 20 nitrogen and oxygen atoms in total. The van der Waals surface area contributed by atoms with Crippen LogP contribution >= 0.6 is 15.9 Å². The summed E-state index contributed by atoms with van der Waals surface area (Å²) in [7, 11) is 7.31. The molecule has 3 heterocycles. The number of fused-ring (bicyclic) bond motifs is 3. The zero-order chi connectivity index (χ0) is 76.2. The topological polar surface area (TPSA) is 292 Å². The first-order valence-electron chi connectivity index (χ1n) is 30.0. The highest BCUT2D eigenvalue weighted by Crippen LogP contribution is 2.30. The van der Waals surface area contributed by atoms with Crippen molar-refractivity contribution in [2.45, 2.75) is 61.5 Å². The molecule has 0 amide bonds. The summed E-state index contributed by atoms with van der Waals surface area (Å²) in [4.78, 5) is 88.6. The van der Waals surface area contributed by atoms with E-state index in [1.54, 1.807) is 87.5 Å². The molecule has 0 radical (unpaired) electrons. The average Bonchev–Trinajstić information content (AvgIpc) is 0.807. The van der Waals surface area contributed by atoms with Crippen molar-refractivity contribution in [1.29, 1.82) is 0 Å². The molecule has 3 aromatic heterocycles. The highest BCUT2D eigenvalue weighted by atomic mass is 79.9. The van der Waals surface area contributed by atoms with E-state index in [0.717, 1.165) is 12.1 Å². The van der Waals surface area contributed by atoms with E-state index in [2.05, 4.69) is 20.7 Å². The van der Waals surface area contributed by atoms with Crippen molar-refractivity contribution in [3.8, 4) is 46.0 Å². The van der Waals surface area contributed by atoms with E-state index < -0.39 is 52.7 Å². The van der Waals surface area contributed by atoms with Gasteiger partial charge in [0.05, 0.1) is 69.5 Å². The SMILES string of the molecule is CC(=O)Oc1cccc(F)c1C(C)=O.CC(=O)c1c(O)cccc1F.COc1cccc(F)c1C(C)=O.COc1cccc(F)c1C(C)O.COc1cccc(F)c1C=O.COc1cccc2oc(C)c(Br)c(=O)c12.COc1cccc2oc(C)cc(=O)c12.Cc1cc(=O)c2c(O)cccc2o1. The number of ether oxygens (including phenoxy) is 6. The van der Waals surface area contributed by atoms with E-state index in [1.165, 1.54) is 149 Å². The van der Waals surface area contributed by atoms with Crippen molar-refractivity contribution in [2.24, 2.45) is 0 Å². The Kier molecular flexibility index (Phi) is 32.2. The Morgan fingerprint density at radius 3 is 1.24 bits per heavy atom. The fraction of sp³-hybridized carbons (Fsp3) is 0.184. The number of aliphatic hydroxyl groups excluding tert-OH is 1. The number of aromatic hydroxyl groups is 2. The number of esters is 1. The third kappa shape index (κ3) is 22.6. The molecule has 536 valence electrons. The normalized spacial score (nSPS) is 10.3. The van der Waals surface area contributed by atoms with Crippen LogP contribution in [0.1, 0.15) is 105 Å². The molecule has 0 aliphatic rings. The first-order valence-corrected chi connectivity index (χ1v) is 30.8. The summed E-state index contributed by atoms with van der Waals surface area (Å²) < 4.78 is 111. The van der Waals surface area contributed by atoms with Crippen LogP contribution in [0.15, 0.2) is 190 Å². The largest absolute Gasteiger partial charge is 0.507 e. The lowest BCUT2D eigenvalue weighted by atomic mass is 10.1. The second kappa shape index (κ2) is 39.7. The number of phenolic OH excluding ortho intramolecular Hbond substituents is 2. The van der Waals surface area contributed by atoms with E-state index in [4.69, 9.17) is 42.0 Å². The lowest BCUT2D eigenvalue weighted by molar-refractivity contribution is -0.131. The maximum Gasteiger partial charge on any atom is 0.308 e. The van der Waals surface area contributed by atoms with Crippen molar-refractivity contribution in [3.63, 3.8) is 0 Å². The van der Waals surface area contributed by atoms with Gasteiger partial charge in [-0.15, -0.1) is 0 Å². The molecule has 1 atom stereocenters. The van der Waals surface area contributed by atoms with Gasteiger partial charge in [0.2, 0.25) is 5.43 Å². The molecule has 102 heavy (non-hydrogen) atoms. The van der Waals surface area contributed by atoms with Gasteiger partial charge in [0.25, 0.3) is 0 Å². The number of phenols is 2. The molecule has 8 aromatic carbocycles. The molecule has 11 aromatic rings. The fourth-order valence-corrected chi connectivity index (χ4v) is 9.40. The number of benzene rings is 8. The van der Waals surface area contributed by atoms with Crippen LogP contribution < -0.4 is 44.7 Å². The Hall–Kier alpha value is -11.8. The van der Waals surface area contributed by atoms with Crippen LogP contribution in [0, 0.1) is 49.9 Å². The van der Waals surface area contributed by atoms with Gasteiger partial charge < -0.3 is 57.0 Å². The molecule has 26 heteroatoms. The number of carbonyl (C=O) groups is 5. The monoisotopic (exact) mass is 1480 g/mol. The molecule has 3 N–H and O–H groups in total.